The maximum atomic E-state index is 11.6. The molecule has 14 heavy (non-hydrogen) atoms. The lowest BCUT2D eigenvalue weighted by molar-refractivity contribution is 0.0449. The molecule has 1 aromatic rings. The van der Waals surface area contributed by atoms with Gasteiger partial charge in [0.15, 0.2) is 0 Å². The third-order valence-electron chi connectivity index (χ3n) is 2.51. The summed E-state index contributed by atoms with van der Waals surface area (Å²) in [6.07, 6.45) is 1.34. The molecule has 1 heterocycles. The van der Waals surface area contributed by atoms with Gasteiger partial charge in [0.05, 0.1) is 17.0 Å². The molecular weight excluding hydrogens is 198 g/mol. The van der Waals surface area contributed by atoms with Gasteiger partial charge < -0.3 is 10.4 Å². The van der Waals surface area contributed by atoms with Crippen molar-refractivity contribution in [2.75, 3.05) is 0 Å². The van der Waals surface area contributed by atoms with E-state index in [1.165, 1.54) is 11.3 Å². The number of aliphatic hydroxyl groups is 1. The SMILES string of the molecule is Cc1csc(C(=O)NC2CCC2O)c1. The van der Waals surface area contributed by atoms with Crippen molar-refractivity contribution in [3.05, 3.63) is 21.9 Å². The molecule has 3 nitrogen and oxygen atoms in total. The predicted molar refractivity (Wildman–Crippen MR) is 55.6 cm³/mol. The van der Waals surface area contributed by atoms with E-state index < -0.39 is 0 Å². The third kappa shape index (κ3) is 1.81. The normalized spacial score (nSPS) is 25.6. The predicted octanol–water partition coefficient (Wildman–Crippen LogP) is 1.31. The number of hydrogen-bond acceptors (Lipinski definition) is 3. The van der Waals surface area contributed by atoms with Crippen molar-refractivity contribution < 1.29 is 9.90 Å². The number of aliphatic hydroxyl groups excluding tert-OH is 1. The first-order valence-electron chi connectivity index (χ1n) is 4.71. The molecular formula is C10H13NO2S. The molecule has 0 saturated heterocycles. The molecule has 0 aliphatic heterocycles. The van der Waals surface area contributed by atoms with Crippen LogP contribution in [-0.2, 0) is 0 Å². The maximum absolute atomic E-state index is 11.6. The second kappa shape index (κ2) is 3.71. The summed E-state index contributed by atoms with van der Waals surface area (Å²) in [7, 11) is 0. The van der Waals surface area contributed by atoms with E-state index in [4.69, 9.17) is 0 Å². The van der Waals surface area contributed by atoms with Crippen LogP contribution < -0.4 is 5.32 Å². The Hall–Kier alpha value is -0.870. The molecule has 0 spiro atoms. The number of carbonyl (C=O) groups excluding carboxylic acids is 1. The van der Waals surface area contributed by atoms with Gasteiger partial charge in [0.1, 0.15) is 0 Å². The van der Waals surface area contributed by atoms with Crippen LogP contribution in [-0.4, -0.2) is 23.2 Å². The Morgan fingerprint density at radius 2 is 2.43 bits per heavy atom. The van der Waals surface area contributed by atoms with Gasteiger partial charge in [-0.25, -0.2) is 0 Å². The van der Waals surface area contributed by atoms with Crippen LogP contribution in [0.15, 0.2) is 11.4 Å². The lowest BCUT2D eigenvalue weighted by Gasteiger charge is -2.32. The van der Waals surface area contributed by atoms with Crippen molar-refractivity contribution in [2.45, 2.75) is 31.9 Å². The number of thiophene rings is 1. The number of aryl methyl sites for hydroxylation is 1. The Kier molecular flexibility index (Phi) is 2.56. The quantitative estimate of drug-likeness (QED) is 0.775. The molecule has 4 heteroatoms. The number of hydrogen-bond donors (Lipinski definition) is 2. The van der Waals surface area contributed by atoms with Crippen molar-refractivity contribution >= 4 is 17.2 Å². The minimum absolute atomic E-state index is 0.0371. The fraction of sp³-hybridized carbons (Fsp3) is 0.500. The van der Waals surface area contributed by atoms with E-state index in [0.29, 0.717) is 0 Å². The van der Waals surface area contributed by atoms with Gasteiger partial charge in [-0.1, -0.05) is 0 Å². The summed E-state index contributed by atoms with van der Waals surface area (Å²) >= 11 is 1.44. The topological polar surface area (TPSA) is 49.3 Å². The first kappa shape index (κ1) is 9.68. The Labute approximate surface area is 86.8 Å². The largest absolute Gasteiger partial charge is 0.391 e. The van der Waals surface area contributed by atoms with Gasteiger partial charge in [0, 0.05) is 0 Å². The van der Waals surface area contributed by atoms with Crippen LogP contribution in [0.4, 0.5) is 0 Å². The second-order valence-electron chi connectivity index (χ2n) is 3.71. The summed E-state index contributed by atoms with van der Waals surface area (Å²) in [6, 6.07) is 1.83. The van der Waals surface area contributed by atoms with Crippen LogP contribution in [0, 0.1) is 6.92 Å². The summed E-state index contributed by atoms with van der Waals surface area (Å²) in [5.41, 5.74) is 1.11. The molecule has 1 fully saturated rings. The van der Waals surface area contributed by atoms with E-state index in [-0.39, 0.29) is 18.1 Å². The summed E-state index contributed by atoms with van der Waals surface area (Å²) < 4.78 is 0. The minimum Gasteiger partial charge on any atom is -0.391 e. The average molecular weight is 211 g/mol. The van der Waals surface area contributed by atoms with Crippen molar-refractivity contribution in [3.8, 4) is 0 Å². The fourth-order valence-electron chi connectivity index (χ4n) is 1.44. The zero-order chi connectivity index (χ0) is 10.1. The highest BCUT2D eigenvalue weighted by atomic mass is 32.1. The second-order valence-corrected chi connectivity index (χ2v) is 4.62. The molecule has 2 N–H and O–H groups in total. The average Bonchev–Trinajstić information content (AvgIpc) is 2.58. The summed E-state index contributed by atoms with van der Waals surface area (Å²) in [4.78, 5) is 12.3. The van der Waals surface area contributed by atoms with Gasteiger partial charge in [-0.15, -0.1) is 11.3 Å². The molecule has 1 aliphatic carbocycles. The number of amides is 1. The molecule has 2 rings (SSSR count). The lowest BCUT2D eigenvalue weighted by Crippen LogP contribution is -2.50. The number of rotatable bonds is 2. The Morgan fingerprint density at radius 3 is 2.86 bits per heavy atom. The third-order valence-corrected chi connectivity index (χ3v) is 3.56. The lowest BCUT2D eigenvalue weighted by atomic mass is 9.89. The van der Waals surface area contributed by atoms with E-state index in [0.717, 1.165) is 23.3 Å². The molecule has 0 bridgehead atoms. The van der Waals surface area contributed by atoms with Gasteiger partial charge in [-0.05, 0) is 36.8 Å². The van der Waals surface area contributed by atoms with E-state index in [1.54, 1.807) is 0 Å². The maximum Gasteiger partial charge on any atom is 0.261 e. The highest BCUT2D eigenvalue weighted by Crippen LogP contribution is 2.21. The first-order valence-corrected chi connectivity index (χ1v) is 5.59. The van der Waals surface area contributed by atoms with E-state index >= 15 is 0 Å². The Balaban J connectivity index is 1.95. The van der Waals surface area contributed by atoms with Crippen molar-refractivity contribution in [2.24, 2.45) is 0 Å². The molecule has 1 amide bonds. The smallest absolute Gasteiger partial charge is 0.261 e. The highest BCUT2D eigenvalue weighted by molar-refractivity contribution is 7.12. The fourth-order valence-corrected chi connectivity index (χ4v) is 2.24. The summed E-state index contributed by atoms with van der Waals surface area (Å²) in [5.74, 6) is -0.0631. The minimum atomic E-state index is -0.347. The molecule has 76 valence electrons. The van der Waals surface area contributed by atoms with Crippen molar-refractivity contribution in [3.63, 3.8) is 0 Å². The van der Waals surface area contributed by atoms with Crippen LogP contribution in [0.5, 0.6) is 0 Å². The molecule has 2 unspecified atom stereocenters. The van der Waals surface area contributed by atoms with Crippen molar-refractivity contribution in [1.29, 1.82) is 0 Å². The van der Waals surface area contributed by atoms with Gasteiger partial charge in [-0.2, -0.15) is 0 Å². The summed E-state index contributed by atoms with van der Waals surface area (Å²) in [5, 5.41) is 14.1. The van der Waals surface area contributed by atoms with Gasteiger partial charge in [0.25, 0.3) is 5.91 Å². The van der Waals surface area contributed by atoms with Crippen LogP contribution in [0.3, 0.4) is 0 Å². The molecule has 2 atom stereocenters. The molecule has 1 aliphatic rings. The Bertz CT molecular complexity index is 348. The molecule has 0 radical (unpaired) electrons. The molecule has 1 saturated carbocycles. The van der Waals surface area contributed by atoms with E-state index in [9.17, 15) is 9.90 Å². The van der Waals surface area contributed by atoms with Crippen LogP contribution in [0.1, 0.15) is 28.1 Å². The van der Waals surface area contributed by atoms with Crippen molar-refractivity contribution in [1.82, 2.24) is 5.32 Å². The van der Waals surface area contributed by atoms with Gasteiger partial charge >= 0.3 is 0 Å². The van der Waals surface area contributed by atoms with Crippen LogP contribution in [0.25, 0.3) is 0 Å². The monoisotopic (exact) mass is 211 g/mol. The van der Waals surface area contributed by atoms with E-state index in [2.05, 4.69) is 5.32 Å². The zero-order valence-electron chi connectivity index (χ0n) is 7.99. The highest BCUT2D eigenvalue weighted by Gasteiger charge is 2.30. The number of nitrogens with one attached hydrogen (secondary N) is 1. The summed E-state index contributed by atoms with van der Waals surface area (Å²) in [6.45, 7) is 1.96. The Morgan fingerprint density at radius 1 is 1.64 bits per heavy atom. The molecule has 1 aromatic heterocycles. The van der Waals surface area contributed by atoms with Gasteiger partial charge in [-0.3, -0.25) is 4.79 Å². The molecule has 0 aromatic carbocycles. The van der Waals surface area contributed by atoms with Gasteiger partial charge in [0.2, 0.25) is 0 Å². The van der Waals surface area contributed by atoms with Crippen LogP contribution in [0.2, 0.25) is 0 Å². The first-order chi connectivity index (χ1) is 6.66. The zero-order valence-corrected chi connectivity index (χ0v) is 8.80. The van der Waals surface area contributed by atoms with Crippen LogP contribution >= 0.6 is 11.3 Å². The van der Waals surface area contributed by atoms with E-state index in [1.807, 2.05) is 18.4 Å². The number of carbonyl (C=O) groups is 1. The standard InChI is InChI=1S/C10H13NO2S/c1-6-4-9(14-5-6)10(13)11-7-2-3-8(7)12/h4-5,7-8,12H,2-3H2,1H3,(H,11,13).